The Morgan fingerprint density at radius 1 is 0.838 bits per heavy atom. The van der Waals surface area contributed by atoms with Crippen molar-refractivity contribution < 1.29 is 19.0 Å². The number of rotatable bonds is 23. The molecule has 1 aliphatic heterocycles. The van der Waals surface area contributed by atoms with Crippen LogP contribution in [0.15, 0.2) is 24.4 Å². The van der Waals surface area contributed by atoms with Crippen molar-refractivity contribution in [2.24, 2.45) is 0 Å². The van der Waals surface area contributed by atoms with E-state index < -0.39 is 6.09 Å². The van der Waals surface area contributed by atoms with Crippen LogP contribution in [0.4, 0.5) is 4.79 Å². The summed E-state index contributed by atoms with van der Waals surface area (Å²) in [6.07, 6.45) is 25.3. The molecule has 37 heavy (non-hydrogen) atoms. The van der Waals surface area contributed by atoms with Crippen LogP contribution in [0, 0.1) is 0 Å². The smallest absolute Gasteiger partial charge is 0.407 e. The molecule has 1 aromatic heterocycles. The molecule has 1 N–H and O–H groups in total. The van der Waals surface area contributed by atoms with E-state index in [1.165, 1.54) is 96.3 Å². The number of hydrogen-bond acceptors (Lipinski definition) is 5. The number of nitrogens with one attached hydrogen (secondary N) is 1. The van der Waals surface area contributed by atoms with Gasteiger partial charge in [0.1, 0.15) is 6.61 Å². The number of alkyl carbamates (subject to hydrolysis) is 1. The van der Waals surface area contributed by atoms with E-state index in [0.717, 1.165) is 31.6 Å². The molecule has 2 unspecified atom stereocenters. The van der Waals surface area contributed by atoms with E-state index in [4.69, 9.17) is 14.2 Å². The first-order valence-electron chi connectivity index (χ1n) is 15.3. The van der Waals surface area contributed by atoms with Crippen LogP contribution in [0.5, 0.6) is 0 Å². The molecular formula is C31H54N2O4. The minimum absolute atomic E-state index is 0.0373. The van der Waals surface area contributed by atoms with Crippen LogP contribution in [0.25, 0.3) is 0 Å². The second-order valence-corrected chi connectivity index (χ2v) is 10.6. The molecule has 2 rings (SSSR count). The first kappa shape index (κ1) is 31.6. The third-order valence-corrected chi connectivity index (χ3v) is 7.18. The van der Waals surface area contributed by atoms with Crippen molar-refractivity contribution in [3.8, 4) is 0 Å². The van der Waals surface area contributed by atoms with Gasteiger partial charge in [-0.25, -0.2) is 4.79 Å². The Morgan fingerprint density at radius 2 is 1.41 bits per heavy atom. The van der Waals surface area contributed by atoms with Crippen LogP contribution in [-0.4, -0.2) is 43.1 Å². The molecular weight excluding hydrogens is 464 g/mol. The standard InChI is InChI=1S/C31H54N2O4/c1-2-3-4-5-6-7-8-9-10-11-12-13-14-15-16-19-24-35-26-29-21-22-30(37-29)27-36-31(34)33-25-28-20-17-18-23-32-28/h17-18,20,23,29-30H,2-16,19,21-22,24-27H2,1H3,(H,33,34). The van der Waals surface area contributed by atoms with E-state index in [9.17, 15) is 4.79 Å². The van der Waals surface area contributed by atoms with Gasteiger partial charge in [-0.1, -0.05) is 109 Å². The van der Waals surface area contributed by atoms with Crippen LogP contribution in [-0.2, 0) is 20.8 Å². The van der Waals surface area contributed by atoms with Gasteiger partial charge in [-0.2, -0.15) is 0 Å². The van der Waals surface area contributed by atoms with Crippen LogP contribution in [0.3, 0.4) is 0 Å². The average molecular weight is 519 g/mol. The Kier molecular flexibility index (Phi) is 19.0. The second-order valence-electron chi connectivity index (χ2n) is 10.6. The summed E-state index contributed by atoms with van der Waals surface area (Å²) in [5, 5.41) is 2.72. The zero-order valence-electron chi connectivity index (χ0n) is 23.6. The average Bonchev–Trinajstić information content (AvgIpc) is 3.38. The molecule has 1 aliphatic rings. The summed E-state index contributed by atoms with van der Waals surface area (Å²) >= 11 is 0. The summed E-state index contributed by atoms with van der Waals surface area (Å²) in [7, 11) is 0. The number of nitrogens with zero attached hydrogens (tertiary/aromatic N) is 1. The van der Waals surface area contributed by atoms with E-state index >= 15 is 0 Å². The first-order valence-corrected chi connectivity index (χ1v) is 15.3. The first-order chi connectivity index (χ1) is 18.3. The quantitative estimate of drug-likeness (QED) is 0.148. The predicted molar refractivity (Wildman–Crippen MR) is 151 cm³/mol. The number of carbonyl (C=O) groups excluding carboxylic acids is 1. The highest BCUT2D eigenvalue weighted by Crippen LogP contribution is 2.20. The van der Waals surface area contributed by atoms with Crippen molar-refractivity contribution in [3.63, 3.8) is 0 Å². The van der Waals surface area contributed by atoms with Gasteiger partial charge >= 0.3 is 6.09 Å². The number of unbranched alkanes of at least 4 members (excludes halogenated alkanes) is 15. The van der Waals surface area contributed by atoms with Crippen LogP contribution >= 0.6 is 0 Å². The van der Waals surface area contributed by atoms with Gasteiger partial charge in [-0.3, -0.25) is 4.98 Å². The predicted octanol–water partition coefficient (Wildman–Crippen LogP) is 8.13. The van der Waals surface area contributed by atoms with Crippen molar-refractivity contribution in [1.29, 1.82) is 0 Å². The zero-order valence-corrected chi connectivity index (χ0v) is 23.6. The summed E-state index contributed by atoms with van der Waals surface area (Å²) in [5.41, 5.74) is 0.804. The molecule has 6 heteroatoms. The molecule has 1 aromatic rings. The van der Waals surface area contributed by atoms with Crippen molar-refractivity contribution in [2.75, 3.05) is 19.8 Å². The Balaban J connectivity index is 1.29. The topological polar surface area (TPSA) is 69.7 Å². The molecule has 2 atom stereocenters. The summed E-state index contributed by atoms with van der Waals surface area (Å²) in [6.45, 7) is 4.38. The number of carbonyl (C=O) groups is 1. The number of hydrogen-bond donors (Lipinski definition) is 1. The number of amides is 1. The normalized spacial score (nSPS) is 17.2. The zero-order chi connectivity index (χ0) is 26.2. The molecule has 212 valence electrons. The van der Waals surface area contributed by atoms with Crippen molar-refractivity contribution in [2.45, 2.75) is 141 Å². The van der Waals surface area contributed by atoms with Gasteiger partial charge in [0.25, 0.3) is 0 Å². The Bertz CT molecular complexity index is 658. The molecule has 2 heterocycles. The maximum absolute atomic E-state index is 11.9. The number of ether oxygens (including phenoxy) is 3. The maximum Gasteiger partial charge on any atom is 0.407 e. The lowest BCUT2D eigenvalue weighted by molar-refractivity contribution is -0.0344. The van der Waals surface area contributed by atoms with E-state index in [1.54, 1.807) is 6.20 Å². The van der Waals surface area contributed by atoms with Gasteiger partial charge in [0.2, 0.25) is 0 Å². The molecule has 1 amide bonds. The molecule has 0 spiro atoms. The third kappa shape index (κ3) is 17.5. The molecule has 0 radical (unpaired) electrons. The Morgan fingerprint density at radius 3 is 1.97 bits per heavy atom. The van der Waals surface area contributed by atoms with Gasteiger partial charge in [0.05, 0.1) is 31.1 Å². The fourth-order valence-corrected chi connectivity index (χ4v) is 4.88. The molecule has 0 bridgehead atoms. The number of aromatic nitrogens is 1. The monoisotopic (exact) mass is 518 g/mol. The van der Waals surface area contributed by atoms with Gasteiger partial charge in [0.15, 0.2) is 0 Å². The van der Waals surface area contributed by atoms with E-state index in [-0.39, 0.29) is 18.8 Å². The fraction of sp³-hybridized carbons (Fsp3) is 0.806. The SMILES string of the molecule is CCCCCCCCCCCCCCCCCCOCC1CCC(COC(=O)NCc2ccccn2)O1. The van der Waals surface area contributed by atoms with Crippen LogP contribution in [0.2, 0.25) is 0 Å². The lowest BCUT2D eigenvalue weighted by atomic mass is 10.0. The van der Waals surface area contributed by atoms with Crippen LogP contribution in [0.1, 0.15) is 128 Å². The molecule has 6 nitrogen and oxygen atoms in total. The second kappa shape index (κ2) is 22.3. The van der Waals surface area contributed by atoms with E-state index in [0.29, 0.717) is 13.2 Å². The summed E-state index contributed by atoms with van der Waals surface area (Å²) in [5.74, 6) is 0. The minimum atomic E-state index is -0.433. The highest BCUT2D eigenvalue weighted by atomic mass is 16.6. The maximum atomic E-state index is 11.9. The highest BCUT2D eigenvalue weighted by molar-refractivity contribution is 5.67. The molecule has 0 aromatic carbocycles. The van der Waals surface area contributed by atoms with Crippen molar-refractivity contribution >= 4 is 6.09 Å². The lowest BCUT2D eigenvalue weighted by Crippen LogP contribution is -2.28. The Labute approximate surface area is 226 Å². The molecule has 1 fully saturated rings. The van der Waals surface area contributed by atoms with Gasteiger partial charge in [-0.15, -0.1) is 0 Å². The number of pyridine rings is 1. The van der Waals surface area contributed by atoms with E-state index in [1.807, 2.05) is 18.2 Å². The van der Waals surface area contributed by atoms with Gasteiger partial charge in [-0.05, 0) is 31.4 Å². The summed E-state index contributed by atoms with van der Waals surface area (Å²) in [4.78, 5) is 16.0. The van der Waals surface area contributed by atoms with E-state index in [2.05, 4.69) is 17.2 Å². The summed E-state index contributed by atoms with van der Waals surface area (Å²) < 4.78 is 17.1. The lowest BCUT2D eigenvalue weighted by Gasteiger charge is -2.14. The van der Waals surface area contributed by atoms with Gasteiger partial charge < -0.3 is 19.5 Å². The largest absolute Gasteiger partial charge is 0.447 e. The molecule has 1 saturated heterocycles. The van der Waals surface area contributed by atoms with Gasteiger partial charge in [0, 0.05) is 12.8 Å². The van der Waals surface area contributed by atoms with Crippen molar-refractivity contribution in [1.82, 2.24) is 10.3 Å². The van der Waals surface area contributed by atoms with Crippen molar-refractivity contribution in [3.05, 3.63) is 30.1 Å². The fourth-order valence-electron chi connectivity index (χ4n) is 4.88. The molecule has 0 saturated carbocycles. The van der Waals surface area contributed by atoms with Crippen LogP contribution < -0.4 is 5.32 Å². The summed E-state index contributed by atoms with van der Waals surface area (Å²) in [6, 6.07) is 5.61. The Hall–Kier alpha value is -1.66. The highest BCUT2D eigenvalue weighted by Gasteiger charge is 2.26. The minimum Gasteiger partial charge on any atom is -0.447 e. The third-order valence-electron chi connectivity index (χ3n) is 7.18. The molecule has 0 aliphatic carbocycles.